The van der Waals surface area contributed by atoms with Gasteiger partial charge in [-0.05, 0) is 36.8 Å². The molecule has 0 aliphatic carbocycles. The van der Waals surface area contributed by atoms with Crippen LogP contribution in [0, 0.1) is 0 Å². The highest BCUT2D eigenvalue weighted by molar-refractivity contribution is 7.99. The van der Waals surface area contributed by atoms with Gasteiger partial charge in [-0.25, -0.2) is 4.98 Å². The maximum absolute atomic E-state index is 9.40. The van der Waals surface area contributed by atoms with Crippen molar-refractivity contribution in [3.8, 4) is 0 Å². The molecule has 0 aliphatic heterocycles. The van der Waals surface area contributed by atoms with Crippen LogP contribution in [-0.4, -0.2) is 10.1 Å². The third kappa shape index (κ3) is 3.39. The van der Waals surface area contributed by atoms with E-state index in [2.05, 4.69) is 4.98 Å². The molecule has 1 heterocycles. The molecule has 0 amide bonds. The fourth-order valence-electron chi connectivity index (χ4n) is 1.37. The molecule has 0 saturated heterocycles. The van der Waals surface area contributed by atoms with Crippen LogP contribution in [0.5, 0.6) is 0 Å². The molecule has 18 heavy (non-hydrogen) atoms. The van der Waals surface area contributed by atoms with Crippen LogP contribution in [0.15, 0.2) is 46.5 Å². The van der Waals surface area contributed by atoms with Crippen molar-refractivity contribution in [3.63, 3.8) is 0 Å². The number of aliphatic hydroxyl groups excluding tert-OH is 1. The van der Waals surface area contributed by atoms with Gasteiger partial charge in [0.15, 0.2) is 0 Å². The topological polar surface area (TPSA) is 33.1 Å². The minimum atomic E-state index is -0.508. The van der Waals surface area contributed by atoms with E-state index in [0.29, 0.717) is 10.0 Å². The summed E-state index contributed by atoms with van der Waals surface area (Å²) in [7, 11) is 0. The van der Waals surface area contributed by atoms with Gasteiger partial charge >= 0.3 is 0 Å². The molecule has 1 aromatic carbocycles. The van der Waals surface area contributed by atoms with E-state index in [-0.39, 0.29) is 0 Å². The zero-order valence-electron chi connectivity index (χ0n) is 9.60. The minimum Gasteiger partial charge on any atom is -0.389 e. The van der Waals surface area contributed by atoms with Gasteiger partial charge in [0, 0.05) is 16.1 Å². The lowest BCUT2D eigenvalue weighted by atomic mass is 10.2. The van der Waals surface area contributed by atoms with Gasteiger partial charge in [-0.1, -0.05) is 41.0 Å². The van der Waals surface area contributed by atoms with Crippen LogP contribution in [-0.2, 0) is 0 Å². The van der Waals surface area contributed by atoms with Crippen molar-refractivity contribution < 1.29 is 5.11 Å². The van der Waals surface area contributed by atoms with E-state index in [9.17, 15) is 5.11 Å². The van der Waals surface area contributed by atoms with Gasteiger partial charge in [-0.3, -0.25) is 0 Å². The number of aromatic nitrogens is 1. The first-order valence-corrected chi connectivity index (χ1v) is 6.90. The first-order chi connectivity index (χ1) is 8.56. The number of aliphatic hydroxyl groups is 1. The summed E-state index contributed by atoms with van der Waals surface area (Å²) in [6.07, 6.45) is 1.15. The molecular weight excluding hydrogens is 289 g/mol. The van der Waals surface area contributed by atoms with Crippen LogP contribution in [0.2, 0.25) is 10.0 Å². The number of halogens is 2. The second-order valence-electron chi connectivity index (χ2n) is 3.78. The molecule has 1 atom stereocenters. The van der Waals surface area contributed by atoms with E-state index in [1.165, 1.54) is 11.8 Å². The first kappa shape index (κ1) is 13.7. The highest BCUT2D eigenvalue weighted by Gasteiger charge is 2.06. The van der Waals surface area contributed by atoms with Crippen LogP contribution in [0.25, 0.3) is 0 Å². The van der Waals surface area contributed by atoms with Gasteiger partial charge in [0.2, 0.25) is 0 Å². The largest absolute Gasteiger partial charge is 0.389 e. The van der Waals surface area contributed by atoms with Gasteiger partial charge in [-0.2, -0.15) is 0 Å². The summed E-state index contributed by atoms with van der Waals surface area (Å²) in [5.41, 5.74) is 0.788. The number of hydrogen-bond donors (Lipinski definition) is 1. The van der Waals surface area contributed by atoms with Gasteiger partial charge < -0.3 is 5.11 Å². The Kier molecular flexibility index (Phi) is 4.51. The molecule has 2 rings (SSSR count). The third-order valence-corrected chi connectivity index (χ3v) is 4.03. The van der Waals surface area contributed by atoms with E-state index < -0.39 is 6.10 Å². The molecule has 0 unspecified atom stereocenters. The molecule has 2 nitrogen and oxygen atoms in total. The molecule has 0 aliphatic rings. The van der Waals surface area contributed by atoms with Crippen LogP contribution < -0.4 is 0 Å². The number of pyridine rings is 1. The summed E-state index contributed by atoms with van der Waals surface area (Å²) in [5.74, 6) is 0. The number of nitrogens with zero attached hydrogens (tertiary/aromatic N) is 1. The Bertz CT molecular complexity index is 543. The van der Waals surface area contributed by atoms with E-state index >= 15 is 0 Å². The van der Waals surface area contributed by atoms with Crippen LogP contribution in [0.1, 0.15) is 18.6 Å². The normalized spacial score (nSPS) is 12.4. The fourth-order valence-corrected chi connectivity index (χ4v) is 2.66. The molecule has 1 aromatic heterocycles. The van der Waals surface area contributed by atoms with Crippen molar-refractivity contribution in [1.29, 1.82) is 0 Å². The second kappa shape index (κ2) is 5.93. The number of benzene rings is 1. The predicted octanol–water partition coefficient (Wildman–Crippen LogP) is 4.59. The maximum Gasteiger partial charge on any atom is 0.101 e. The van der Waals surface area contributed by atoms with E-state index in [1.54, 1.807) is 31.3 Å². The minimum absolute atomic E-state index is 0.508. The molecule has 94 valence electrons. The Morgan fingerprint density at radius 2 is 2.00 bits per heavy atom. The lowest BCUT2D eigenvalue weighted by molar-refractivity contribution is 0.198. The summed E-state index contributed by atoms with van der Waals surface area (Å²) in [6, 6.07) is 9.01. The molecule has 1 N–H and O–H groups in total. The maximum atomic E-state index is 9.40. The van der Waals surface area contributed by atoms with Crippen LogP contribution in [0.3, 0.4) is 0 Å². The third-order valence-electron chi connectivity index (χ3n) is 2.35. The SMILES string of the molecule is C[C@@H](O)c1ccc(Sc2cc(Cl)ccc2Cl)nc1. The van der Waals surface area contributed by atoms with E-state index in [0.717, 1.165) is 15.5 Å². The van der Waals surface area contributed by atoms with Gasteiger partial charge in [0.1, 0.15) is 5.03 Å². The van der Waals surface area contributed by atoms with Crippen molar-refractivity contribution in [2.24, 2.45) is 0 Å². The predicted molar refractivity (Wildman–Crippen MR) is 75.5 cm³/mol. The summed E-state index contributed by atoms with van der Waals surface area (Å²) in [4.78, 5) is 5.13. The molecule has 0 bridgehead atoms. The average Bonchev–Trinajstić information content (AvgIpc) is 2.34. The first-order valence-electron chi connectivity index (χ1n) is 5.33. The lowest BCUT2D eigenvalue weighted by Crippen LogP contribution is -1.92. The van der Waals surface area contributed by atoms with Crippen molar-refractivity contribution in [2.75, 3.05) is 0 Å². The van der Waals surface area contributed by atoms with Crippen molar-refractivity contribution in [2.45, 2.75) is 22.9 Å². The summed E-state index contributed by atoms with van der Waals surface area (Å²) < 4.78 is 0. The van der Waals surface area contributed by atoms with Crippen LogP contribution in [0.4, 0.5) is 0 Å². The molecule has 0 spiro atoms. The molecule has 0 fully saturated rings. The summed E-state index contributed by atoms with van der Waals surface area (Å²) in [5, 5.41) is 11.5. The summed E-state index contributed by atoms with van der Waals surface area (Å²) >= 11 is 13.4. The van der Waals surface area contributed by atoms with Gasteiger partial charge in [0.05, 0.1) is 11.1 Å². The fraction of sp³-hybridized carbons (Fsp3) is 0.154. The van der Waals surface area contributed by atoms with Crippen molar-refractivity contribution in [1.82, 2.24) is 4.98 Å². The molecule has 2 aromatic rings. The second-order valence-corrected chi connectivity index (χ2v) is 5.69. The lowest BCUT2D eigenvalue weighted by Gasteiger charge is -2.06. The molecule has 5 heteroatoms. The zero-order valence-corrected chi connectivity index (χ0v) is 11.9. The molecule has 0 radical (unpaired) electrons. The Morgan fingerprint density at radius 1 is 1.22 bits per heavy atom. The number of hydrogen-bond acceptors (Lipinski definition) is 3. The highest BCUT2D eigenvalue weighted by Crippen LogP contribution is 2.34. The smallest absolute Gasteiger partial charge is 0.101 e. The van der Waals surface area contributed by atoms with E-state index in [1.807, 2.05) is 12.1 Å². The molecular formula is C13H11Cl2NOS. The van der Waals surface area contributed by atoms with Crippen LogP contribution >= 0.6 is 35.0 Å². The van der Waals surface area contributed by atoms with Gasteiger partial charge in [-0.15, -0.1) is 0 Å². The van der Waals surface area contributed by atoms with Gasteiger partial charge in [0.25, 0.3) is 0 Å². The Hall–Kier alpha value is -0.740. The number of rotatable bonds is 3. The van der Waals surface area contributed by atoms with Crippen molar-refractivity contribution in [3.05, 3.63) is 52.1 Å². The van der Waals surface area contributed by atoms with E-state index in [4.69, 9.17) is 23.2 Å². The zero-order chi connectivity index (χ0) is 13.1. The Labute approximate surface area is 120 Å². The summed E-state index contributed by atoms with van der Waals surface area (Å²) in [6.45, 7) is 1.71. The Balaban J connectivity index is 2.21. The molecule has 0 saturated carbocycles. The monoisotopic (exact) mass is 299 g/mol. The Morgan fingerprint density at radius 3 is 2.61 bits per heavy atom. The van der Waals surface area contributed by atoms with Crippen molar-refractivity contribution >= 4 is 35.0 Å². The quantitative estimate of drug-likeness (QED) is 0.899. The highest BCUT2D eigenvalue weighted by atomic mass is 35.5. The average molecular weight is 300 g/mol. The standard InChI is InChI=1S/C13H11Cl2NOS/c1-8(17)9-2-5-13(16-7-9)18-12-6-10(14)3-4-11(12)15/h2-8,17H,1H3/t8-/m1/s1.